The summed E-state index contributed by atoms with van der Waals surface area (Å²) >= 11 is 5.95. The number of methoxy groups -OCH3 is 2. The summed E-state index contributed by atoms with van der Waals surface area (Å²) in [5.41, 5.74) is 7.17. The minimum Gasteiger partial charge on any atom is -0.383 e. The summed E-state index contributed by atoms with van der Waals surface area (Å²) in [6.45, 7) is 5.79. The van der Waals surface area contributed by atoms with Gasteiger partial charge in [-0.05, 0) is 31.0 Å². The van der Waals surface area contributed by atoms with Crippen molar-refractivity contribution in [2.75, 3.05) is 47.1 Å². The maximum absolute atomic E-state index is 6.08. The molecule has 1 unspecified atom stereocenters. The predicted molar refractivity (Wildman–Crippen MR) is 87.9 cm³/mol. The molecule has 1 rings (SSSR count). The molecule has 0 aliphatic carbocycles. The molecule has 120 valence electrons. The standard InChI is InChI=1S/C16H27ClN2O2/c1-16(13-18,12-14-4-6-15(17)7-5-14)19(8-10-20-2)9-11-21-3/h4-7H,8-13,18H2,1-3H3. The predicted octanol–water partition coefficient (Wildman–Crippen LogP) is 2.19. The van der Waals surface area contributed by atoms with E-state index in [4.69, 9.17) is 26.8 Å². The van der Waals surface area contributed by atoms with Gasteiger partial charge in [-0.1, -0.05) is 23.7 Å². The molecule has 0 bridgehead atoms. The van der Waals surface area contributed by atoms with Crippen LogP contribution in [0.25, 0.3) is 0 Å². The molecular weight excluding hydrogens is 288 g/mol. The average Bonchev–Trinajstić information content (AvgIpc) is 2.49. The third-order valence-corrected chi connectivity index (χ3v) is 4.08. The zero-order valence-electron chi connectivity index (χ0n) is 13.3. The normalized spacial score (nSPS) is 14.4. The van der Waals surface area contributed by atoms with Crippen molar-refractivity contribution in [3.8, 4) is 0 Å². The highest BCUT2D eigenvalue weighted by Crippen LogP contribution is 2.21. The minimum atomic E-state index is -0.134. The first-order valence-corrected chi connectivity index (χ1v) is 7.61. The third-order valence-electron chi connectivity index (χ3n) is 3.83. The Labute approximate surface area is 133 Å². The molecule has 4 nitrogen and oxygen atoms in total. The van der Waals surface area contributed by atoms with Crippen molar-refractivity contribution in [3.05, 3.63) is 34.9 Å². The van der Waals surface area contributed by atoms with Gasteiger partial charge in [0.1, 0.15) is 0 Å². The van der Waals surface area contributed by atoms with Crippen LogP contribution in [0.4, 0.5) is 0 Å². The molecule has 0 aliphatic heterocycles. The minimum absolute atomic E-state index is 0.134. The van der Waals surface area contributed by atoms with Gasteiger partial charge in [-0.15, -0.1) is 0 Å². The molecule has 1 aromatic rings. The monoisotopic (exact) mass is 314 g/mol. The van der Waals surface area contributed by atoms with E-state index >= 15 is 0 Å². The molecule has 0 radical (unpaired) electrons. The molecule has 0 saturated carbocycles. The topological polar surface area (TPSA) is 47.7 Å². The highest BCUT2D eigenvalue weighted by molar-refractivity contribution is 6.30. The van der Waals surface area contributed by atoms with E-state index in [1.807, 2.05) is 12.1 Å². The molecule has 2 N–H and O–H groups in total. The Morgan fingerprint density at radius 2 is 1.62 bits per heavy atom. The fourth-order valence-corrected chi connectivity index (χ4v) is 2.54. The number of hydrogen-bond donors (Lipinski definition) is 1. The summed E-state index contributed by atoms with van der Waals surface area (Å²) in [6.07, 6.45) is 0.869. The second kappa shape index (κ2) is 9.38. The van der Waals surface area contributed by atoms with E-state index in [1.165, 1.54) is 5.56 Å². The molecule has 5 heteroatoms. The SMILES string of the molecule is COCCN(CCOC)C(C)(CN)Cc1ccc(Cl)cc1. The second-order valence-electron chi connectivity index (χ2n) is 5.48. The van der Waals surface area contributed by atoms with E-state index in [0.717, 1.165) is 24.5 Å². The van der Waals surface area contributed by atoms with Crippen LogP contribution in [0.2, 0.25) is 5.02 Å². The Balaban J connectivity index is 2.82. The molecule has 0 amide bonds. The Morgan fingerprint density at radius 3 is 2.05 bits per heavy atom. The van der Waals surface area contributed by atoms with Crippen molar-refractivity contribution >= 4 is 11.6 Å². The summed E-state index contributed by atoms with van der Waals surface area (Å²) in [5.74, 6) is 0. The van der Waals surface area contributed by atoms with Crippen molar-refractivity contribution in [1.82, 2.24) is 4.90 Å². The fourth-order valence-electron chi connectivity index (χ4n) is 2.41. The first kappa shape index (κ1) is 18.4. The molecular formula is C16H27ClN2O2. The number of nitrogens with two attached hydrogens (primary N) is 1. The smallest absolute Gasteiger partial charge is 0.0589 e. The van der Waals surface area contributed by atoms with Crippen LogP contribution in [0.15, 0.2) is 24.3 Å². The Bertz CT molecular complexity index is 392. The highest BCUT2D eigenvalue weighted by Gasteiger charge is 2.30. The molecule has 1 atom stereocenters. The molecule has 1 aromatic carbocycles. The largest absolute Gasteiger partial charge is 0.383 e. The molecule has 0 heterocycles. The number of halogens is 1. The first-order valence-electron chi connectivity index (χ1n) is 7.23. The maximum Gasteiger partial charge on any atom is 0.0589 e. The van der Waals surface area contributed by atoms with Gasteiger partial charge in [-0.3, -0.25) is 4.90 Å². The van der Waals surface area contributed by atoms with Gasteiger partial charge in [0, 0.05) is 44.4 Å². The molecule has 0 saturated heterocycles. The van der Waals surface area contributed by atoms with Gasteiger partial charge >= 0.3 is 0 Å². The van der Waals surface area contributed by atoms with Crippen LogP contribution in [-0.2, 0) is 15.9 Å². The molecule has 0 aromatic heterocycles. The first-order chi connectivity index (χ1) is 10.1. The van der Waals surface area contributed by atoms with Crippen molar-refractivity contribution in [2.24, 2.45) is 5.73 Å². The maximum atomic E-state index is 6.08. The van der Waals surface area contributed by atoms with Crippen LogP contribution in [0.5, 0.6) is 0 Å². The van der Waals surface area contributed by atoms with E-state index < -0.39 is 0 Å². The lowest BCUT2D eigenvalue weighted by molar-refractivity contribution is 0.0461. The van der Waals surface area contributed by atoms with E-state index in [0.29, 0.717) is 19.8 Å². The third kappa shape index (κ3) is 5.93. The quantitative estimate of drug-likeness (QED) is 0.719. The van der Waals surface area contributed by atoms with Crippen molar-refractivity contribution in [1.29, 1.82) is 0 Å². The molecule has 21 heavy (non-hydrogen) atoms. The average molecular weight is 315 g/mol. The van der Waals surface area contributed by atoms with Gasteiger partial charge in [-0.2, -0.15) is 0 Å². The number of rotatable bonds is 10. The van der Waals surface area contributed by atoms with Crippen LogP contribution in [0.1, 0.15) is 12.5 Å². The number of benzene rings is 1. The number of hydrogen-bond acceptors (Lipinski definition) is 4. The van der Waals surface area contributed by atoms with E-state index in [1.54, 1.807) is 14.2 Å². The van der Waals surface area contributed by atoms with Crippen LogP contribution in [-0.4, -0.2) is 57.5 Å². The summed E-state index contributed by atoms with van der Waals surface area (Å²) in [6, 6.07) is 7.95. The molecule has 0 aliphatic rings. The fraction of sp³-hybridized carbons (Fsp3) is 0.625. The van der Waals surface area contributed by atoms with Gasteiger partial charge in [0.2, 0.25) is 0 Å². The summed E-state index contributed by atoms with van der Waals surface area (Å²) < 4.78 is 10.4. The Morgan fingerprint density at radius 1 is 1.10 bits per heavy atom. The van der Waals surface area contributed by atoms with Crippen molar-refractivity contribution < 1.29 is 9.47 Å². The molecule has 0 fully saturated rings. The van der Waals surface area contributed by atoms with E-state index in [2.05, 4.69) is 24.0 Å². The summed E-state index contributed by atoms with van der Waals surface area (Å²) in [5, 5.41) is 0.754. The van der Waals surface area contributed by atoms with Crippen molar-refractivity contribution in [2.45, 2.75) is 18.9 Å². The van der Waals surface area contributed by atoms with Crippen LogP contribution in [0.3, 0.4) is 0 Å². The number of ether oxygens (including phenoxy) is 2. The second-order valence-corrected chi connectivity index (χ2v) is 5.91. The zero-order valence-corrected chi connectivity index (χ0v) is 14.0. The highest BCUT2D eigenvalue weighted by atomic mass is 35.5. The summed E-state index contributed by atoms with van der Waals surface area (Å²) in [4.78, 5) is 2.34. The Kier molecular flexibility index (Phi) is 8.22. The van der Waals surface area contributed by atoms with Gasteiger partial charge in [0.15, 0.2) is 0 Å². The van der Waals surface area contributed by atoms with Crippen LogP contribution >= 0.6 is 11.6 Å². The summed E-state index contributed by atoms with van der Waals surface area (Å²) in [7, 11) is 3.43. The lowest BCUT2D eigenvalue weighted by Crippen LogP contribution is -2.55. The van der Waals surface area contributed by atoms with Crippen LogP contribution < -0.4 is 5.73 Å². The van der Waals surface area contributed by atoms with Crippen LogP contribution in [0, 0.1) is 0 Å². The van der Waals surface area contributed by atoms with Gasteiger partial charge in [-0.25, -0.2) is 0 Å². The van der Waals surface area contributed by atoms with Gasteiger partial charge in [0.25, 0.3) is 0 Å². The van der Waals surface area contributed by atoms with Crippen molar-refractivity contribution in [3.63, 3.8) is 0 Å². The Hall–Kier alpha value is -0.650. The lowest BCUT2D eigenvalue weighted by atomic mass is 9.90. The number of nitrogens with zero attached hydrogens (tertiary/aromatic N) is 1. The zero-order chi connectivity index (χ0) is 15.7. The van der Waals surface area contributed by atoms with E-state index in [9.17, 15) is 0 Å². The molecule has 0 spiro atoms. The van der Waals surface area contributed by atoms with Gasteiger partial charge < -0.3 is 15.2 Å². The lowest BCUT2D eigenvalue weighted by Gasteiger charge is -2.41. The van der Waals surface area contributed by atoms with E-state index in [-0.39, 0.29) is 5.54 Å². The van der Waals surface area contributed by atoms with Gasteiger partial charge in [0.05, 0.1) is 13.2 Å².